The van der Waals surface area contributed by atoms with Gasteiger partial charge in [0.1, 0.15) is 11.8 Å². The van der Waals surface area contributed by atoms with E-state index in [1.165, 1.54) is 6.08 Å². The molecule has 0 radical (unpaired) electrons. The maximum absolute atomic E-state index is 12.6. The van der Waals surface area contributed by atoms with Crippen molar-refractivity contribution >= 4 is 28.9 Å². The number of nitrogens with zero attached hydrogens (tertiary/aromatic N) is 1. The molecule has 2 aromatic heterocycles. The fraction of sp³-hybridized carbons (Fsp3) is 0.316. The summed E-state index contributed by atoms with van der Waals surface area (Å²) in [4.78, 5) is 31.3. The zero-order chi connectivity index (χ0) is 19.9. The number of aromatic amines is 1. The molecule has 2 aliphatic heterocycles. The van der Waals surface area contributed by atoms with E-state index in [1.807, 2.05) is 6.07 Å². The third-order valence-electron chi connectivity index (χ3n) is 4.43. The van der Waals surface area contributed by atoms with Gasteiger partial charge in [0.2, 0.25) is 11.7 Å². The number of carboxylic acid groups (broad SMARTS) is 1. The first-order chi connectivity index (χ1) is 13.3. The van der Waals surface area contributed by atoms with E-state index >= 15 is 0 Å². The number of allylic oxidation sites excluding steroid dienone is 1. The Bertz CT molecular complexity index is 1020. The molecule has 3 N–H and O–H groups in total. The monoisotopic (exact) mass is 385 g/mol. The van der Waals surface area contributed by atoms with Crippen molar-refractivity contribution in [3.63, 3.8) is 0 Å². The highest BCUT2D eigenvalue weighted by atomic mass is 16.7. The molecule has 0 aromatic carbocycles. The van der Waals surface area contributed by atoms with Crippen LogP contribution in [0.2, 0.25) is 0 Å². The van der Waals surface area contributed by atoms with Crippen LogP contribution in [0.1, 0.15) is 19.4 Å². The van der Waals surface area contributed by atoms with Crippen molar-refractivity contribution in [1.29, 1.82) is 0 Å². The summed E-state index contributed by atoms with van der Waals surface area (Å²) in [6.45, 7) is 4.19. The first kappa shape index (κ1) is 18.2. The van der Waals surface area contributed by atoms with Gasteiger partial charge in [0, 0.05) is 29.9 Å². The number of ketones is 1. The molecule has 1 atom stereocenters. The summed E-state index contributed by atoms with van der Waals surface area (Å²) in [7, 11) is 0. The molecule has 28 heavy (non-hydrogen) atoms. The van der Waals surface area contributed by atoms with Crippen molar-refractivity contribution in [3.05, 3.63) is 47.3 Å². The van der Waals surface area contributed by atoms with Crippen LogP contribution in [0.5, 0.6) is 0 Å². The summed E-state index contributed by atoms with van der Waals surface area (Å²) in [5.41, 5.74) is 0.889. The average Bonchev–Trinajstić information content (AvgIpc) is 3.30. The Morgan fingerprint density at radius 1 is 1.50 bits per heavy atom. The molecule has 1 unspecified atom stereocenters. The van der Waals surface area contributed by atoms with Crippen LogP contribution in [0, 0.1) is 0 Å². The Balaban J connectivity index is 1.55. The Morgan fingerprint density at radius 3 is 3.04 bits per heavy atom. The fourth-order valence-corrected chi connectivity index (χ4v) is 3.16. The summed E-state index contributed by atoms with van der Waals surface area (Å²) in [6.07, 6.45) is 4.54. The standard InChI is InChI=1S/C19H19N3O6/c1-19(2)26-9-11(28-19)8-22-17-14(18(24)25)15(23)13(27-17)6-10-7-21-16-12(10)4-3-5-20-16/h3-7,11,22H,8-9H2,1-2H3,(H,20,21)(H,24,25)/b13-6-. The number of pyridine rings is 1. The lowest BCUT2D eigenvalue weighted by molar-refractivity contribution is -0.138. The van der Waals surface area contributed by atoms with E-state index in [9.17, 15) is 14.7 Å². The van der Waals surface area contributed by atoms with E-state index in [2.05, 4.69) is 15.3 Å². The highest BCUT2D eigenvalue weighted by molar-refractivity contribution is 6.26. The Hall–Kier alpha value is -3.17. The number of nitrogens with one attached hydrogen (secondary N) is 2. The van der Waals surface area contributed by atoms with Gasteiger partial charge in [-0.1, -0.05) is 0 Å². The molecule has 2 aliphatic rings. The first-order valence-corrected chi connectivity index (χ1v) is 8.73. The molecule has 4 rings (SSSR count). The molecule has 4 heterocycles. The summed E-state index contributed by atoms with van der Waals surface area (Å²) in [5, 5.41) is 13.1. The Morgan fingerprint density at radius 2 is 2.32 bits per heavy atom. The van der Waals surface area contributed by atoms with E-state index < -0.39 is 23.1 Å². The molecule has 0 saturated carbocycles. The first-order valence-electron chi connectivity index (χ1n) is 8.73. The van der Waals surface area contributed by atoms with Crippen molar-refractivity contribution in [2.75, 3.05) is 13.2 Å². The molecule has 1 fully saturated rings. The molecule has 9 heteroatoms. The van der Waals surface area contributed by atoms with Gasteiger partial charge in [-0.05, 0) is 32.1 Å². The van der Waals surface area contributed by atoms with Crippen LogP contribution in [-0.4, -0.2) is 51.9 Å². The van der Waals surface area contributed by atoms with Gasteiger partial charge >= 0.3 is 5.97 Å². The van der Waals surface area contributed by atoms with E-state index in [4.69, 9.17) is 14.2 Å². The predicted molar refractivity (Wildman–Crippen MR) is 97.7 cm³/mol. The minimum absolute atomic E-state index is 0.0754. The van der Waals surface area contributed by atoms with Crippen molar-refractivity contribution < 1.29 is 28.9 Å². The van der Waals surface area contributed by atoms with E-state index in [0.29, 0.717) is 17.8 Å². The highest BCUT2D eigenvalue weighted by Gasteiger charge is 2.37. The minimum Gasteiger partial charge on any atom is -0.477 e. The number of carbonyl (C=O) groups excluding carboxylic acids is 1. The number of H-pyrrole nitrogens is 1. The average molecular weight is 385 g/mol. The Kier molecular flexibility index (Phi) is 4.40. The lowest BCUT2D eigenvalue weighted by Crippen LogP contribution is -2.31. The van der Waals surface area contributed by atoms with Gasteiger partial charge in [0.05, 0.1) is 6.61 Å². The number of aromatic nitrogens is 2. The Labute approximate surface area is 160 Å². The van der Waals surface area contributed by atoms with Gasteiger partial charge in [0.25, 0.3) is 0 Å². The molecule has 0 bridgehead atoms. The predicted octanol–water partition coefficient (Wildman–Crippen LogP) is 1.54. The number of Topliss-reactive ketones (excluding diaryl/α,β-unsaturated/α-hetero) is 1. The largest absolute Gasteiger partial charge is 0.477 e. The quantitative estimate of drug-likeness (QED) is 0.523. The fourth-order valence-electron chi connectivity index (χ4n) is 3.16. The molecule has 1 saturated heterocycles. The number of rotatable bonds is 5. The lowest BCUT2D eigenvalue weighted by atomic mass is 10.1. The van der Waals surface area contributed by atoms with Gasteiger partial charge < -0.3 is 29.6 Å². The maximum Gasteiger partial charge on any atom is 0.345 e. The molecule has 0 amide bonds. The molecular formula is C19H19N3O6. The van der Waals surface area contributed by atoms with Crippen LogP contribution < -0.4 is 5.32 Å². The van der Waals surface area contributed by atoms with Crippen molar-refractivity contribution in [2.24, 2.45) is 0 Å². The maximum atomic E-state index is 12.6. The number of carbonyl (C=O) groups is 2. The summed E-state index contributed by atoms with van der Waals surface area (Å²) < 4.78 is 16.7. The summed E-state index contributed by atoms with van der Waals surface area (Å²) in [5.74, 6) is -2.93. The second kappa shape index (κ2) is 6.77. The smallest absolute Gasteiger partial charge is 0.345 e. The lowest BCUT2D eigenvalue weighted by Gasteiger charge is -2.17. The van der Waals surface area contributed by atoms with Crippen LogP contribution in [0.25, 0.3) is 17.1 Å². The minimum atomic E-state index is -1.36. The van der Waals surface area contributed by atoms with Crippen LogP contribution in [0.15, 0.2) is 41.7 Å². The zero-order valence-corrected chi connectivity index (χ0v) is 15.3. The number of ether oxygens (including phenoxy) is 3. The molecule has 0 aliphatic carbocycles. The molecule has 2 aromatic rings. The SMILES string of the molecule is CC1(C)OCC(CNC2=C(C(=O)O)C(=O)/C(=C/c3c[nH]c4ncccc34)O2)O1. The molecule has 9 nitrogen and oxygen atoms in total. The number of fused-ring (bicyclic) bond motifs is 1. The van der Waals surface area contributed by atoms with Gasteiger partial charge in [-0.3, -0.25) is 4.79 Å². The normalized spacial score (nSPS) is 22.9. The van der Waals surface area contributed by atoms with Gasteiger partial charge in [-0.2, -0.15) is 0 Å². The third kappa shape index (κ3) is 3.37. The number of aliphatic carboxylic acids is 1. The highest BCUT2D eigenvalue weighted by Crippen LogP contribution is 2.28. The number of carboxylic acids is 1. The number of hydrogen-bond acceptors (Lipinski definition) is 7. The van der Waals surface area contributed by atoms with Crippen LogP contribution in [0.3, 0.4) is 0 Å². The molecule has 146 valence electrons. The molecule has 0 spiro atoms. The van der Waals surface area contributed by atoms with Gasteiger partial charge in [-0.15, -0.1) is 0 Å². The summed E-state index contributed by atoms with van der Waals surface area (Å²) >= 11 is 0. The van der Waals surface area contributed by atoms with Gasteiger partial charge in [0.15, 0.2) is 17.1 Å². The number of hydrogen-bond donors (Lipinski definition) is 3. The van der Waals surface area contributed by atoms with Crippen LogP contribution in [0.4, 0.5) is 0 Å². The third-order valence-corrected chi connectivity index (χ3v) is 4.43. The zero-order valence-electron chi connectivity index (χ0n) is 15.3. The topological polar surface area (TPSA) is 123 Å². The van der Waals surface area contributed by atoms with Gasteiger partial charge in [-0.25, -0.2) is 9.78 Å². The van der Waals surface area contributed by atoms with Crippen molar-refractivity contribution in [1.82, 2.24) is 15.3 Å². The summed E-state index contributed by atoms with van der Waals surface area (Å²) in [6, 6.07) is 3.61. The van der Waals surface area contributed by atoms with E-state index in [-0.39, 0.29) is 24.3 Å². The van der Waals surface area contributed by atoms with Crippen molar-refractivity contribution in [2.45, 2.75) is 25.7 Å². The van der Waals surface area contributed by atoms with Crippen LogP contribution in [-0.2, 0) is 23.8 Å². The molecular weight excluding hydrogens is 366 g/mol. The van der Waals surface area contributed by atoms with E-state index in [0.717, 1.165) is 5.39 Å². The van der Waals surface area contributed by atoms with Crippen molar-refractivity contribution in [3.8, 4) is 0 Å². The second-order valence-corrected chi connectivity index (χ2v) is 6.92. The van der Waals surface area contributed by atoms with Crippen LogP contribution >= 0.6 is 0 Å². The van der Waals surface area contributed by atoms with E-state index in [1.54, 1.807) is 32.3 Å². The second-order valence-electron chi connectivity index (χ2n) is 6.92.